The molecule has 3 atom stereocenters. The number of hydrogen-bond donors (Lipinski definition) is 1. The molecule has 1 aromatic rings. The normalized spacial score (nSPS) is 28.5. The van der Waals surface area contributed by atoms with Gasteiger partial charge >= 0.3 is 0 Å². The van der Waals surface area contributed by atoms with E-state index in [0.717, 1.165) is 11.8 Å². The number of benzene rings is 1. The van der Waals surface area contributed by atoms with Crippen molar-refractivity contribution in [3.8, 4) is 0 Å². The molecule has 1 N–H and O–H groups in total. The van der Waals surface area contributed by atoms with Crippen LogP contribution >= 0.6 is 0 Å². The minimum absolute atomic E-state index is 0.571. The molecule has 2 aliphatic heterocycles. The fourth-order valence-electron chi connectivity index (χ4n) is 3.67. The molecule has 0 bridgehead atoms. The van der Waals surface area contributed by atoms with Crippen molar-refractivity contribution in [2.24, 2.45) is 11.8 Å². The second-order valence-corrected chi connectivity index (χ2v) is 6.30. The van der Waals surface area contributed by atoms with Gasteiger partial charge in [0, 0.05) is 19.1 Å². The van der Waals surface area contributed by atoms with E-state index in [0.29, 0.717) is 6.04 Å². The first kappa shape index (κ1) is 13.1. The fourth-order valence-corrected chi connectivity index (χ4v) is 3.67. The fraction of sp³-hybridized carbons (Fsp3) is 0.647. The molecule has 2 nitrogen and oxygen atoms in total. The van der Waals surface area contributed by atoms with Gasteiger partial charge in [-0.15, -0.1) is 0 Å². The molecule has 2 saturated heterocycles. The second-order valence-electron chi connectivity index (χ2n) is 6.30. The summed E-state index contributed by atoms with van der Waals surface area (Å²) in [7, 11) is 0. The Kier molecular flexibility index (Phi) is 3.90. The van der Waals surface area contributed by atoms with Crippen LogP contribution in [-0.2, 0) is 6.42 Å². The molecule has 2 fully saturated rings. The number of nitrogens with one attached hydrogen (secondary N) is 1. The molecule has 2 heteroatoms. The van der Waals surface area contributed by atoms with Gasteiger partial charge in [0.1, 0.15) is 0 Å². The lowest BCUT2D eigenvalue weighted by Crippen LogP contribution is -2.28. The van der Waals surface area contributed by atoms with E-state index in [2.05, 4.69) is 48.3 Å². The molecule has 19 heavy (non-hydrogen) atoms. The number of likely N-dealkylation sites (tertiary alicyclic amines) is 1. The van der Waals surface area contributed by atoms with Crippen molar-refractivity contribution in [1.82, 2.24) is 10.2 Å². The van der Waals surface area contributed by atoms with Gasteiger partial charge in [-0.2, -0.15) is 0 Å². The highest BCUT2D eigenvalue weighted by atomic mass is 15.2. The first-order valence-electron chi connectivity index (χ1n) is 7.81. The predicted molar refractivity (Wildman–Crippen MR) is 80.3 cm³/mol. The van der Waals surface area contributed by atoms with Crippen LogP contribution in [0, 0.1) is 11.8 Å². The van der Waals surface area contributed by atoms with Crippen LogP contribution in [0.25, 0.3) is 0 Å². The third-order valence-corrected chi connectivity index (χ3v) is 4.97. The van der Waals surface area contributed by atoms with Crippen LogP contribution in [0.2, 0.25) is 0 Å². The van der Waals surface area contributed by atoms with Gasteiger partial charge in [-0.25, -0.2) is 0 Å². The summed E-state index contributed by atoms with van der Waals surface area (Å²) in [5, 5.41) is 3.52. The SMILES string of the molecule is CCCc1ccc(C(C)N2CC3CNCC3C2)cc1. The Morgan fingerprint density at radius 3 is 2.37 bits per heavy atom. The van der Waals surface area contributed by atoms with Gasteiger partial charge in [0.25, 0.3) is 0 Å². The van der Waals surface area contributed by atoms with Crippen molar-refractivity contribution in [3.63, 3.8) is 0 Å². The summed E-state index contributed by atoms with van der Waals surface area (Å²) in [5.41, 5.74) is 2.95. The summed E-state index contributed by atoms with van der Waals surface area (Å²) in [5.74, 6) is 1.78. The molecular weight excluding hydrogens is 232 g/mol. The van der Waals surface area contributed by atoms with Crippen molar-refractivity contribution in [1.29, 1.82) is 0 Å². The highest BCUT2D eigenvalue weighted by molar-refractivity contribution is 5.25. The van der Waals surface area contributed by atoms with Crippen LogP contribution in [0.4, 0.5) is 0 Å². The highest BCUT2D eigenvalue weighted by Crippen LogP contribution is 2.32. The summed E-state index contributed by atoms with van der Waals surface area (Å²) < 4.78 is 0. The third-order valence-electron chi connectivity index (χ3n) is 4.97. The largest absolute Gasteiger partial charge is 0.316 e. The van der Waals surface area contributed by atoms with Crippen LogP contribution in [0.1, 0.15) is 37.4 Å². The maximum Gasteiger partial charge on any atom is 0.0320 e. The molecule has 3 unspecified atom stereocenters. The summed E-state index contributed by atoms with van der Waals surface area (Å²) in [6.07, 6.45) is 2.44. The summed E-state index contributed by atoms with van der Waals surface area (Å²) in [6, 6.07) is 9.87. The van der Waals surface area contributed by atoms with Crippen molar-refractivity contribution in [2.75, 3.05) is 26.2 Å². The van der Waals surface area contributed by atoms with E-state index < -0.39 is 0 Å². The van der Waals surface area contributed by atoms with Gasteiger partial charge in [0.15, 0.2) is 0 Å². The molecule has 0 aromatic heterocycles. The Hall–Kier alpha value is -0.860. The van der Waals surface area contributed by atoms with E-state index >= 15 is 0 Å². The molecule has 1 aromatic carbocycles. The minimum Gasteiger partial charge on any atom is -0.316 e. The first-order valence-corrected chi connectivity index (χ1v) is 7.81. The van der Waals surface area contributed by atoms with Crippen LogP contribution in [0.15, 0.2) is 24.3 Å². The van der Waals surface area contributed by atoms with Crippen LogP contribution in [-0.4, -0.2) is 31.1 Å². The van der Waals surface area contributed by atoms with E-state index in [-0.39, 0.29) is 0 Å². The molecule has 0 aliphatic carbocycles. The maximum absolute atomic E-state index is 3.52. The number of nitrogens with zero attached hydrogens (tertiary/aromatic N) is 1. The number of rotatable bonds is 4. The van der Waals surface area contributed by atoms with Gasteiger partial charge in [-0.1, -0.05) is 37.6 Å². The lowest BCUT2D eigenvalue weighted by atomic mass is 10.0. The summed E-state index contributed by atoms with van der Waals surface area (Å²) in [6.45, 7) is 9.61. The van der Waals surface area contributed by atoms with Crippen molar-refractivity contribution < 1.29 is 0 Å². The van der Waals surface area contributed by atoms with E-state index in [1.54, 1.807) is 0 Å². The Bertz CT molecular complexity index is 400. The highest BCUT2D eigenvalue weighted by Gasteiger charge is 2.37. The lowest BCUT2D eigenvalue weighted by molar-refractivity contribution is 0.244. The Balaban J connectivity index is 1.65. The molecule has 2 heterocycles. The van der Waals surface area contributed by atoms with E-state index in [4.69, 9.17) is 0 Å². The number of aryl methyl sites for hydroxylation is 1. The Labute approximate surface area is 117 Å². The van der Waals surface area contributed by atoms with Crippen LogP contribution < -0.4 is 5.32 Å². The number of fused-ring (bicyclic) bond motifs is 1. The quantitative estimate of drug-likeness (QED) is 0.893. The van der Waals surface area contributed by atoms with Crippen molar-refractivity contribution in [3.05, 3.63) is 35.4 Å². The molecule has 0 saturated carbocycles. The monoisotopic (exact) mass is 258 g/mol. The van der Waals surface area contributed by atoms with E-state index in [1.165, 1.54) is 50.1 Å². The maximum atomic E-state index is 3.52. The van der Waals surface area contributed by atoms with Crippen LogP contribution in [0.5, 0.6) is 0 Å². The smallest absolute Gasteiger partial charge is 0.0320 e. The average Bonchev–Trinajstić information content (AvgIpc) is 3.00. The molecule has 3 rings (SSSR count). The summed E-state index contributed by atoms with van der Waals surface area (Å²) in [4.78, 5) is 2.67. The van der Waals surface area contributed by atoms with Gasteiger partial charge in [0.05, 0.1) is 0 Å². The van der Waals surface area contributed by atoms with Crippen molar-refractivity contribution in [2.45, 2.75) is 32.7 Å². The zero-order valence-corrected chi connectivity index (χ0v) is 12.2. The predicted octanol–water partition coefficient (Wildman–Crippen LogP) is 2.85. The molecule has 0 radical (unpaired) electrons. The van der Waals surface area contributed by atoms with E-state index in [9.17, 15) is 0 Å². The zero-order chi connectivity index (χ0) is 13.2. The average molecular weight is 258 g/mol. The zero-order valence-electron chi connectivity index (χ0n) is 12.2. The standard InChI is InChI=1S/C17H26N2/c1-3-4-14-5-7-15(8-6-14)13(2)19-11-16-9-18-10-17(16)12-19/h5-8,13,16-18H,3-4,9-12H2,1-2H3. The van der Waals surface area contributed by atoms with Crippen molar-refractivity contribution >= 4 is 0 Å². The van der Waals surface area contributed by atoms with Gasteiger partial charge in [-0.3, -0.25) is 4.90 Å². The molecular formula is C17H26N2. The third kappa shape index (κ3) is 2.70. The van der Waals surface area contributed by atoms with Gasteiger partial charge in [0.2, 0.25) is 0 Å². The molecule has 0 amide bonds. The van der Waals surface area contributed by atoms with E-state index in [1.807, 2.05) is 0 Å². The molecule has 0 spiro atoms. The lowest BCUT2D eigenvalue weighted by Gasteiger charge is -2.25. The first-order chi connectivity index (χ1) is 9.28. The van der Waals surface area contributed by atoms with Gasteiger partial charge in [-0.05, 0) is 49.4 Å². The minimum atomic E-state index is 0.571. The van der Waals surface area contributed by atoms with Crippen LogP contribution in [0.3, 0.4) is 0 Å². The molecule has 104 valence electrons. The Morgan fingerprint density at radius 2 is 1.79 bits per heavy atom. The Morgan fingerprint density at radius 1 is 1.16 bits per heavy atom. The number of hydrogen-bond acceptors (Lipinski definition) is 2. The van der Waals surface area contributed by atoms with Gasteiger partial charge < -0.3 is 5.32 Å². The topological polar surface area (TPSA) is 15.3 Å². The summed E-state index contributed by atoms with van der Waals surface area (Å²) >= 11 is 0. The second kappa shape index (κ2) is 5.64. The molecule has 2 aliphatic rings.